The van der Waals surface area contributed by atoms with Crippen LogP contribution in [0.15, 0.2) is 24.3 Å². The lowest BCUT2D eigenvalue weighted by Gasteiger charge is -2.34. The second-order valence-electron chi connectivity index (χ2n) is 4.41. The molecule has 0 aliphatic carbocycles. The molecule has 0 spiro atoms. The lowest BCUT2D eigenvalue weighted by atomic mass is 9.91. The molecule has 0 aromatic heterocycles. The van der Waals surface area contributed by atoms with E-state index >= 15 is 0 Å². The van der Waals surface area contributed by atoms with E-state index < -0.39 is 5.60 Å². The summed E-state index contributed by atoms with van der Waals surface area (Å²) >= 11 is 2.23. The molecule has 2 N–H and O–H groups in total. The molecular formula is C13H18ClIN2O2. The fourth-order valence-corrected chi connectivity index (χ4v) is 2.71. The first-order valence-corrected chi connectivity index (χ1v) is 7.07. The van der Waals surface area contributed by atoms with Crippen LogP contribution >= 0.6 is 35.0 Å². The molecule has 1 aliphatic rings. The fraction of sp³-hybridized carbons (Fsp3) is 0.462. The van der Waals surface area contributed by atoms with Gasteiger partial charge in [0, 0.05) is 16.4 Å². The molecule has 1 fully saturated rings. The third kappa shape index (κ3) is 4.05. The Balaban J connectivity index is 0.00000180. The quantitative estimate of drug-likeness (QED) is 0.772. The Hall–Kier alpha value is -0.370. The predicted molar refractivity (Wildman–Crippen MR) is 86.9 cm³/mol. The smallest absolute Gasteiger partial charge is 0.256 e. The predicted octanol–water partition coefficient (Wildman–Crippen LogP) is 2.42. The van der Waals surface area contributed by atoms with Crippen molar-refractivity contribution in [2.24, 2.45) is 0 Å². The van der Waals surface area contributed by atoms with Crippen LogP contribution in [0.2, 0.25) is 0 Å². The van der Waals surface area contributed by atoms with Crippen LogP contribution in [0.3, 0.4) is 0 Å². The Morgan fingerprint density at radius 2 is 2.11 bits per heavy atom. The van der Waals surface area contributed by atoms with Crippen molar-refractivity contribution in [1.29, 1.82) is 0 Å². The number of carbonyl (C=O) groups excluding carboxylic acids is 1. The zero-order valence-corrected chi connectivity index (χ0v) is 13.7. The first-order valence-electron chi connectivity index (χ1n) is 5.99. The van der Waals surface area contributed by atoms with Gasteiger partial charge in [0.25, 0.3) is 5.91 Å². The molecule has 1 saturated heterocycles. The highest BCUT2D eigenvalue weighted by Crippen LogP contribution is 2.24. The normalized spacial score (nSPS) is 17.4. The Kier molecular flexibility index (Phi) is 6.52. The van der Waals surface area contributed by atoms with Crippen molar-refractivity contribution in [2.45, 2.75) is 18.4 Å². The number of ether oxygens (including phenoxy) is 1. The van der Waals surface area contributed by atoms with Gasteiger partial charge in [0.05, 0.1) is 0 Å². The summed E-state index contributed by atoms with van der Waals surface area (Å²) in [6.07, 6.45) is 1.42. The van der Waals surface area contributed by atoms with Gasteiger partial charge >= 0.3 is 0 Å². The molecule has 1 aromatic carbocycles. The highest BCUT2D eigenvalue weighted by Gasteiger charge is 2.39. The Morgan fingerprint density at radius 1 is 1.42 bits per heavy atom. The molecule has 1 aliphatic heterocycles. The highest BCUT2D eigenvalue weighted by atomic mass is 127. The molecule has 106 valence electrons. The van der Waals surface area contributed by atoms with Crippen LogP contribution in [0.25, 0.3) is 0 Å². The summed E-state index contributed by atoms with van der Waals surface area (Å²) in [7, 11) is 1.61. The Bertz CT molecular complexity index is 436. The molecule has 6 heteroatoms. The van der Waals surface area contributed by atoms with Crippen molar-refractivity contribution >= 4 is 46.6 Å². The summed E-state index contributed by atoms with van der Waals surface area (Å²) in [4.78, 5) is 12.4. The number of nitrogens with one attached hydrogen (secondary N) is 2. The number of halogens is 2. The molecule has 1 heterocycles. The molecule has 1 aromatic rings. The molecular weight excluding hydrogens is 379 g/mol. The maximum Gasteiger partial charge on any atom is 0.256 e. The fourth-order valence-electron chi connectivity index (χ4n) is 2.17. The van der Waals surface area contributed by atoms with Crippen LogP contribution < -0.4 is 10.6 Å². The van der Waals surface area contributed by atoms with E-state index in [1.807, 2.05) is 24.3 Å². The van der Waals surface area contributed by atoms with Gasteiger partial charge in [-0.1, -0.05) is 6.07 Å². The van der Waals surface area contributed by atoms with Gasteiger partial charge in [-0.15, -0.1) is 12.4 Å². The van der Waals surface area contributed by atoms with Gasteiger partial charge in [-0.3, -0.25) is 4.79 Å². The van der Waals surface area contributed by atoms with E-state index in [4.69, 9.17) is 4.74 Å². The van der Waals surface area contributed by atoms with E-state index in [0.717, 1.165) is 22.3 Å². The van der Waals surface area contributed by atoms with Gasteiger partial charge in [0.15, 0.2) is 0 Å². The van der Waals surface area contributed by atoms with Crippen molar-refractivity contribution in [2.75, 3.05) is 25.5 Å². The van der Waals surface area contributed by atoms with Crippen LogP contribution in [-0.4, -0.2) is 31.7 Å². The molecule has 0 radical (unpaired) electrons. The molecule has 0 atom stereocenters. The minimum Gasteiger partial charge on any atom is -0.368 e. The summed E-state index contributed by atoms with van der Waals surface area (Å²) in [5, 5.41) is 6.19. The van der Waals surface area contributed by atoms with Crippen LogP contribution in [-0.2, 0) is 9.53 Å². The van der Waals surface area contributed by atoms with Crippen LogP contribution in [0.1, 0.15) is 12.8 Å². The second-order valence-corrected chi connectivity index (χ2v) is 5.66. The third-order valence-corrected chi connectivity index (χ3v) is 3.97. The van der Waals surface area contributed by atoms with Crippen LogP contribution in [0.5, 0.6) is 0 Å². The van der Waals surface area contributed by atoms with E-state index in [1.165, 1.54) is 0 Å². The van der Waals surface area contributed by atoms with Crippen molar-refractivity contribution in [3.8, 4) is 0 Å². The van der Waals surface area contributed by atoms with E-state index in [9.17, 15) is 4.79 Å². The van der Waals surface area contributed by atoms with E-state index in [0.29, 0.717) is 12.8 Å². The van der Waals surface area contributed by atoms with Crippen molar-refractivity contribution in [1.82, 2.24) is 5.32 Å². The Morgan fingerprint density at radius 3 is 2.68 bits per heavy atom. The van der Waals surface area contributed by atoms with Gasteiger partial charge < -0.3 is 15.4 Å². The summed E-state index contributed by atoms with van der Waals surface area (Å²) in [5.41, 5.74) is 0.133. The SMILES string of the molecule is COC1(C(=O)Nc2cccc(I)c2)CCNCC1.Cl. The number of methoxy groups -OCH3 is 1. The van der Waals surface area contributed by atoms with E-state index in [-0.39, 0.29) is 18.3 Å². The number of rotatable bonds is 3. The zero-order chi connectivity index (χ0) is 13.0. The second kappa shape index (κ2) is 7.42. The first-order chi connectivity index (χ1) is 8.66. The lowest BCUT2D eigenvalue weighted by molar-refractivity contribution is -0.140. The molecule has 0 bridgehead atoms. The number of anilines is 1. The zero-order valence-electron chi connectivity index (χ0n) is 10.7. The number of amides is 1. The van der Waals surface area contributed by atoms with Crippen molar-refractivity contribution < 1.29 is 9.53 Å². The topological polar surface area (TPSA) is 50.4 Å². The van der Waals surface area contributed by atoms with Gasteiger partial charge in [-0.25, -0.2) is 0 Å². The number of benzene rings is 1. The maximum atomic E-state index is 12.4. The molecule has 0 saturated carbocycles. The summed E-state index contributed by atoms with van der Waals surface area (Å²) in [6.45, 7) is 1.63. The maximum absolute atomic E-state index is 12.4. The number of piperidine rings is 1. The van der Waals surface area contributed by atoms with Crippen molar-refractivity contribution in [3.63, 3.8) is 0 Å². The summed E-state index contributed by atoms with van der Waals surface area (Å²) in [5.74, 6) is -0.0477. The first kappa shape index (κ1) is 16.7. The minimum absolute atomic E-state index is 0. The van der Waals surface area contributed by atoms with Crippen LogP contribution in [0.4, 0.5) is 5.69 Å². The van der Waals surface area contributed by atoms with Gasteiger partial charge in [0.2, 0.25) is 0 Å². The highest BCUT2D eigenvalue weighted by molar-refractivity contribution is 14.1. The van der Waals surface area contributed by atoms with Gasteiger partial charge in [-0.2, -0.15) is 0 Å². The number of hydrogen-bond acceptors (Lipinski definition) is 3. The van der Waals surface area contributed by atoms with Gasteiger partial charge in [-0.05, 0) is 66.7 Å². The average Bonchev–Trinajstić information content (AvgIpc) is 2.39. The molecule has 19 heavy (non-hydrogen) atoms. The minimum atomic E-state index is -0.688. The number of carbonyl (C=O) groups is 1. The average molecular weight is 397 g/mol. The number of hydrogen-bond donors (Lipinski definition) is 2. The molecule has 2 rings (SSSR count). The monoisotopic (exact) mass is 396 g/mol. The van der Waals surface area contributed by atoms with E-state index in [1.54, 1.807) is 7.11 Å². The third-order valence-electron chi connectivity index (χ3n) is 3.30. The standard InChI is InChI=1S/C13H17IN2O2.ClH/c1-18-13(5-7-15-8-6-13)12(17)16-11-4-2-3-10(14)9-11;/h2-4,9,15H,5-8H2,1H3,(H,16,17);1H. The van der Waals surface area contributed by atoms with Crippen LogP contribution in [0, 0.1) is 3.57 Å². The lowest BCUT2D eigenvalue weighted by Crippen LogP contribution is -2.51. The Labute approximate surface area is 133 Å². The van der Waals surface area contributed by atoms with Crippen molar-refractivity contribution in [3.05, 3.63) is 27.8 Å². The molecule has 0 unspecified atom stereocenters. The largest absolute Gasteiger partial charge is 0.368 e. The van der Waals surface area contributed by atoms with Gasteiger partial charge in [0.1, 0.15) is 5.60 Å². The molecule has 4 nitrogen and oxygen atoms in total. The summed E-state index contributed by atoms with van der Waals surface area (Å²) in [6, 6.07) is 7.76. The van der Waals surface area contributed by atoms with E-state index in [2.05, 4.69) is 33.2 Å². The summed E-state index contributed by atoms with van der Waals surface area (Å²) < 4.78 is 6.59. The molecule has 1 amide bonds.